The summed E-state index contributed by atoms with van der Waals surface area (Å²) in [5, 5.41) is 3.06. The number of hydrazine groups is 1. The monoisotopic (exact) mass is 368 g/mol. The second-order valence-corrected chi connectivity index (χ2v) is 8.03. The Balaban J connectivity index is 1.31. The van der Waals surface area contributed by atoms with Crippen LogP contribution in [0.2, 0.25) is 0 Å². The molecule has 2 fully saturated rings. The number of hydrogen-bond donors (Lipinski definition) is 3. The number of fused-ring (bicyclic) bond motifs is 1. The largest absolute Gasteiger partial charge is 0.325 e. The molecular formula is C20H24N4OS. The summed E-state index contributed by atoms with van der Waals surface area (Å²) in [5.41, 5.74) is 8.55. The Morgan fingerprint density at radius 1 is 1.15 bits per heavy atom. The maximum atomic E-state index is 12.6. The number of nitrogens with zero attached hydrogens (tertiary/aromatic N) is 1. The van der Waals surface area contributed by atoms with E-state index in [1.54, 1.807) is 18.0 Å². The minimum absolute atomic E-state index is 0.0580. The van der Waals surface area contributed by atoms with Crippen LogP contribution in [-0.4, -0.2) is 23.0 Å². The van der Waals surface area contributed by atoms with Gasteiger partial charge >= 0.3 is 0 Å². The van der Waals surface area contributed by atoms with Gasteiger partial charge in [0.15, 0.2) is 0 Å². The van der Waals surface area contributed by atoms with Crippen LogP contribution in [0.1, 0.15) is 31.2 Å². The molecule has 1 aliphatic heterocycles. The molecule has 3 atom stereocenters. The van der Waals surface area contributed by atoms with Crippen molar-refractivity contribution in [2.24, 2.45) is 5.92 Å². The Bertz CT molecular complexity index is 737. The summed E-state index contributed by atoms with van der Waals surface area (Å²) >= 11 is 1.77. The number of carbonyl (C=O) groups excluding carboxylic acids is 1. The molecule has 1 saturated carbocycles. The molecule has 1 aromatic carbocycles. The summed E-state index contributed by atoms with van der Waals surface area (Å²) in [7, 11) is 0. The van der Waals surface area contributed by atoms with E-state index >= 15 is 0 Å². The molecule has 3 N–H and O–H groups in total. The molecule has 1 amide bonds. The predicted molar refractivity (Wildman–Crippen MR) is 105 cm³/mol. The number of benzene rings is 1. The summed E-state index contributed by atoms with van der Waals surface area (Å²) in [4.78, 5) is 18.0. The van der Waals surface area contributed by atoms with Gasteiger partial charge < -0.3 is 5.32 Å². The molecule has 6 heteroatoms. The quantitative estimate of drug-likeness (QED) is 0.707. The molecule has 0 radical (unpaired) electrons. The number of aromatic nitrogens is 1. The van der Waals surface area contributed by atoms with Gasteiger partial charge in [0.05, 0.1) is 0 Å². The third-order valence-corrected chi connectivity index (χ3v) is 6.29. The first-order chi connectivity index (χ1) is 12.8. The van der Waals surface area contributed by atoms with Gasteiger partial charge in [-0.3, -0.25) is 15.2 Å². The van der Waals surface area contributed by atoms with Crippen molar-refractivity contribution in [3.05, 3.63) is 54.4 Å². The number of rotatable bonds is 5. The molecule has 2 aromatic rings. The zero-order valence-electron chi connectivity index (χ0n) is 14.7. The van der Waals surface area contributed by atoms with E-state index in [1.165, 1.54) is 23.3 Å². The van der Waals surface area contributed by atoms with Crippen molar-refractivity contribution >= 4 is 23.4 Å². The van der Waals surface area contributed by atoms with Gasteiger partial charge in [-0.05, 0) is 48.7 Å². The molecule has 5 nitrogen and oxygen atoms in total. The number of thioether (sulfide) groups is 1. The van der Waals surface area contributed by atoms with Crippen LogP contribution in [0.15, 0.2) is 53.7 Å². The second-order valence-electron chi connectivity index (χ2n) is 6.98. The van der Waals surface area contributed by atoms with Crippen LogP contribution in [0, 0.1) is 5.92 Å². The van der Waals surface area contributed by atoms with Gasteiger partial charge in [0.25, 0.3) is 0 Å². The van der Waals surface area contributed by atoms with E-state index in [-0.39, 0.29) is 11.9 Å². The van der Waals surface area contributed by atoms with Crippen LogP contribution in [0.3, 0.4) is 0 Å². The molecule has 2 heterocycles. The average molecular weight is 369 g/mol. The molecule has 4 rings (SSSR count). The number of nitrogens with one attached hydrogen (secondary N) is 3. The highest BCUT2D eigenvalue weighted by Crippen LogP contribution is 2.31. The predicted octanol–water partition coefficient (Wildman–Crippen LogP) is 3.35. The standard InChI is InChI=1S/C20H24N4OS/c25-20(19-17-5-1-2-6-18(17)23-24-19)22-15-7-9-16(10-8-15)26-13-14-4-3-11-21-12-14/h3-4,7-12,17-19,23-24H,1-2,5-6,13H2,(H,22,25). The highest BCUT2D eigenvalue weighted by Gasteiger charge is 2.40. The number of anilines is 1. The number of amides is 1. The van der Waals surface area contributed by atoms with Gasteiger partial charge in [-0.25, -0.2) is 5.43 Å². The van der Waals surface area contributed by atoms with Crippen molar-refractivity contribution < 1.29 is 4.79 Å². The maximum absolute atomic E-state index is 12.6. The summed E-state index contributed by atoms with van der Waals surface area (Å²) in [6.07, 6.45) is 8.43. The van der Waals surface area contributed by atoms with E-state index in [0.717, 1.165) is 24.3 Å². The summed E-state index contributed by atoms with van der Waals surface area (Å²) in [6.45, 7) is 0. The van der Waals surface area contributed by atoms with Gasteiger partial charge in [-0.1, -0.05) is 18.9 Å². The van der Waals surface area contributed by atoms with E-state index in [9.17, 15) is 4.79 Å². The number of carbonyl (C=O) groups is 1. The summed E-state index contributed by atoms with van der Waals surface area (Å²) in [6, 6.07) is 12.4. The molecule has 0 bridgehead atoms. The van der Waals surface area contributed by atoms with Crippen LogP contribution >= 0.6 is 11.8 Å². The zero-order chi connectivity index (χ0) is 17.8. The van der Waals surface area contributed by atoms with Crippen molar-refractivity contribution in [1.82, 2.24) is 15.8 Å². The fourth-order valence-electron chi connectivity index (χ4n) is 3.81. The first-order valence-electron chi connectivity index (χ1n) is 9.23. The molecule has 26 heavy (non-hydrogen) atoms. The topological polar surface area (TPSA) is 66.0 Å². The van der Waals surface area contributed by atoms with Crippen LogP contribution in [0.25, 0.3) is 0 Å². The van der Waals surface area contributed by atoms with Crippen LogP contribution in [-0.2, 0) is 10.5 Å². The normalized spacial score (nSPS) is 24.8. The molecule has 1 aliphatic carbocycles. The Kier molecular flexibility index (Phi) is 5.53. The summed E-state index contributed by atoms with van der Waals surface area (Å²) < 4.78 is 0. The van der Waals surface area contributed by atoms with Crippen molar-refractivity contribution in [3.8, 4) is 0 Å². The lowest BCUT2D eigenvalue weighted by Crippen LogP contribution is -2.42. The van der Waals surface area contributed by atoms with Gasteiger partial charge in [-0.15, -0.1) is 11.8 Å². The Morgan fingerprint density at radius 2 is 2.00 bits per heavy atom. The lowest BCUT2D eigenvalue weighted by atomic mass is 9.81. The fourth-order valence-corrected chi connectivity index (χ4v) is 4.64. The first kappa shape index (κ1) is 17.5. The van der Waals surface area contributed by atoms with Gasteiger partial charge in [0.1, 0.15) is 6.04 Å². The maximum Gasteiger partial charge on any atom is 0.243 e. The Labute approximate surface area is 158 Å². The Hall–Kier alpha value is -1.89. The molecular weight excluding hydrogens is 344 g/mol. The molecule has 1 aromatic heterocycles. The van der Waals surface area contributed by atoms with E-state index in [0.29, 0.717) is 12.0 Å². The second kappa shape index (κ2) is 8.20. The summed E-state index contributed by atoms with van der Waals surface area (Å²) in [5.74, 6) is 1.35. The molecule has 2 aliphatic rings. The zero-order valence-corrected chi connectivity index (χ0v) is 15.5. The van der Waals surface area contributed by atoms with Gasteiger partial charge in [-0.2, -0.15) is 0 Å². The average Bonchev–Trinajstić information content (AvgIpc) is 3.12. The van der Waals surface area contributed by atoms with Crippen molar-refractivity contribution in [3.63, 3.8) is 0 Å². The third-order valence-electron chi connectivity index (χ3n) is 5.20. The van der Waals surface area contributed by atoms with Crippen LogP contribution in [0.5, 0.6) is 0 Å². The molecule has 0 spiro atoms. The number of pyridine rings is 1. The molecule has 1 saturated heterocycles. The van der Waals surface area contributed by atoms with E-state index in [1.807, 2.05) is 24.4 Å². The molecule has 136 valence electrons. The highest BCUT2D eigenvalue weighted by atomic mass is 32.2. The lowest BCUT2D eigenvalue weighted by molar-refractivity contribution is -0.118. The van der Waals surface area contributed by atoms with Crippen molar-refractivity contribution in [2.75, 3.05) is 5.32 Å². The highest BCUT2D eigenvalue weighted by molar-refractivity contribution is 7.98. The van der Waals surface area contributed by atoms with Gasteiger partial charge in [0.2, 0.25) is 5.91 Å². The Morgan fingerprint density at radius 3 is 2.81 bits per heavy atom. The smallest absolute Gasteiger partial charge is 0.243 e. The molecule has 3 unspecified atom stereocenters. The number of hydrogen-bond acceptors (Lipinski definition) is 5. The van der Waals surface area contributed by atoms with E-state index in [2.05, 4.69) is 39.4 Å². The minimum Gasteiger partial charge on any atom is -0.325 e. The van der Waals surface area contributed by atoms with Crippen LogP contribution < -0.4 is 16.2 Å². The SMILES string of the molecule is O=C(Nc1ccc(SCc2cccnc2)cc1)C1NNC2CCCCC21. The van der Waals surface area contributed by atoms with Crippen molar-refractivity contribution in [1.29, 1.82) is 0 Å². The lowest BCUT2D eigenvalue weighted by Gasteiger charge is -2.26. The van der Waals surface area contributed by atoms with Gasteiger partial charge in [0, 0.05) is 40.7 Å². The minimum atomic E-state index is -0.139. The van der Waals surface area contributed by atoms with E-state index < -0.39 is 0 Å². The first-order valence-corrected chi connectivity index (χ1v) is 10.2. The fraction of sp³-hybridized carbons (Fsp3) is 0.400. The van der Waals surface area contributed by atoms with Crippen LogP contribution in [0.4, 0.5) is 5.69 Å². The van der Waals surface area contributed by atoms with E-state index in [4.69, 9.17) is 0 Å². The third kappa shape index (κ3) is 4.09. The van der Waals surface area contributed by atoms with Crippen molar-refractivity contribution in [2.45, 2.75) is 48.4 Å².